The van der Waals surface area contributed by atoms with Crippen molar-refractivity contribution in [3.63, 3.8) is 0 Å². The highest BCUT2D eigenvalue weighted by molar-refractivity contribution is 5.93. The number of nitrogens with zero attached hydrogens (tertiary/aromatic N) is 3. The van der Waals surface area contributed by atoms with E-state index in [1.54, 1.807) is 30.3 Å². The van der Waals surface area contributed by atoms with Gasteiger partial charge in [-0.3, -0.25) is 25.0 Å². The zero-order valence-electron chi connectivity index (χ0n) is 15.6. The third kappa shape index (κ3) is 5.50. The average molecular weight is 387 g/mol. The van der Waals surface area contributed by atoms with E-state index in [4.69, 9.17) is 4.84 Å². The summed E-state index contributed by atoms with van der Waals surface area (Å²) in [7, 11) is 0. The van der Waals surface area contributed by atoms with Crippen LogP contribution in [0.25, 0.3) is 0 Å². The molecule has 28 heavy (non-hydrogen) atoms. The molecule has 0 N–H and O–H groups in total. The van der Waals surface area contributed by atoms with Gasteiger partial charge in [0.2, 0.25) is 5.75 Å². The zero-order valence-corrected chi connectivity index (χ0v) is 15.6. The molecule has 9 heteroatoms. The Morgan fingerprint density at radius 1 is 1.07 bits per heavy atom. The van der Waals surface area contributed by atoms with E-state index in [0.717, 1.165) is 29.7 Å². The van der Waals surface area contributed by atoms with Crippen molar-refractivity contribution in [1.29, 1.82) is 0 Å². The van der Waals surface area contributed by atoms with Crippen molar-refractivity contribution in [3.05, 3.63) is 74.3 Å². The number of non-ortho nitro benzene ring substituents is 1. The topological polar surface area (TPSA) is 116 Å². The SMILES string of the molecule is CC(C)CCCN(Oc1ccc([N+](=O)[O-])cc1[N+](=O)[O-])C(=O)c1ccccc1. The first-order chi connectivity index (χ1) is 13.3. The summed E-state index contributed by atoms with van der Waals surface area (Å²) in [5.41, 5.74) is -0.639. The number of nitro benzene ring substituents is 2. The Morgan fingerprint density at radius 3 is 2.32 bits per heavy atom. The van der Waals surface area contributed by atoms with Crippen molar-refractivity contribution in [1.82, 2.24) is 5.06 Å². The highest BCUT2D eigenvalue weighted by Crippen LogP contribution is 2.32. The minimum Gasteiger partial charge on any atom is -0.369 e. The minimum atomic E-state index is -0.776. The summed E-state index contributed by atoms with van der Waals surface area (Å²) < 4.78 is 0. The van der Waals surface area contributed by atoms with Gasteiger partial charge in [0.05, 0.1) is 22.5 Å². The summed E-state index contributed by atoms with van der Waals surface area (Å²) in [6.45, 7) is 4.32. The smallest absolute Gasteiger partial charge is 0.321 e. The Kier molecular flexibility index (Phi) is 7.02. The van der Waals surface area contributed by atoms with Gasteiger partial charge in [-0.1, -0.05) is 32.0 Å². The molecule has 0 aromatic heterocycles. The number of rotatable bonds is 9. The summed E-state index contributed by atoms with van der Waals surface area (Å²) in [4.78, 5) is 39.1. The van der Waals surface area contributed by atoms with Crippen molar-refractivity contribution in [2.24, 2.45) is 5.92 Å². The van der Waals surface area contributed by atoms with Crippen molar-refractivity contribution in [2.75, 3.05) is 6.54 Å². The molecule has 0 atom stereocenters. The molecule has 2 aromatic carbocycles. The normalized spacial score (nSPS) is 10.5. The minimum absolute atomic E-state index is 0.222. The Morgan fingerprint density at radius 2 is 1.75 bits per heavy atom. The maximum absolute atomic E-state index is 12.8. The number of benzene rings is 2. The van der Waals surface area contributed by atoms with Crippen molar-refractivity contribution in [2.45, 2.75) is 26.7 Å². The van der Waals surface area contributed by atoms with Gasteiger partial charge in [0, 0.05) is 11.6 Å². The molecule has 2 rings (SSSR count). The number of hydroxylamine groups is 2. The number of carbonyl (C=O) groups is 1. The number of amides is 1. The van der Waals surface area contributed by atoms with Crippen LogP contribution in [-0.4, -0.2) is 27.4 Å². The van der Waals surface area contributed by atoms with Crippen molar-refractivity contribution < 1.29 is 19.5 Å². The first kappa shape index (κ1) is 20.8. The zero-order chi connectivity index (χ0) is 20.7. The molecule has 0 saturated heterocycles. The van der Waals surface area contributed by atoms with E-state index in [1.165, 1.54) is 0 Å². The van der Waals surface area contributed by atoms with Crippen LogP contribution in [0.5, 0.6) is 5.75 Å². The number of hydrogen-bond donors (Lipinski definition) is 0. The number of carbonyl (C=O) groups excluding carboxylic acids is 1. The van der Waals surface area contributed by atoms with Gasteiger partial charge < -0.3 is 4.84 Å². The fourth-order valence-electron chi connectivity index (χ4n) is 2.51. The van der Waals surface area contributed by atoms with Crippen molar-refractivity contribution >= 4 is 17.3 Å². The highest BCUT2D eigenvalue weighted by atomic mass is 16.7. The van der Waals surface area contributed by atoms with Gasteiger partial charge >= 0.3 is 5.69 Å². The molecule has 0 fully saturated rings. The fourth-order valence-corrected chi connectivity index (χ4v) is 2.51. The second-order valence-electron chi connectivity index (χ2n) is 6.57. The molecule has 2 aromatic rings. The molecule has 148 valence electrons. The molecule has 0 aliphatic heterocycles. The standard InChI is InChI=1S/C19H21N3O6/c1-14(2)7-6-12-20(19(23)15-8-4-3-5-9-15)28-18-11-10-16(21(24)25)13-17(18)22(26)27/h3-5,8-11,13-14H,6-7,12H2,1-2H3. The van der Waals surface area contributed by atoms with Crippen LogP contribution < -0.4 is 4.84 Å². The Labute approximate surface area is 161 Å². The lowest BCUT2D eigenvalue weighted by molar-refractivity contribution is -0.395. The number of nitro groups is 2. The molecule has 0 bridgehead atoms. The van der Waals surface area contributed by atoms with E-state index in [0.29, 0.717) is 17.9 Å². The van der Waals surface area contributed by atoms with Gasteiger partial charge in [-0.2, -0.15) is 5.06 Å². The molecule has 0 spiro atoms. The largest absolute Gasteiger partial charge is 0.369 e. The van der Waals surface area contributed by atoms with Gasteiger partial charge in [0.15, 0.2) is 0 Å². The average Bonchev–Trinajstić information content (AvgIpc) is 2.67. The predicted molar refractivity (Wildman–Crippen MR) is 102 cm³/mol. The van der Waals surface area contributed by atoms with Gasteiger partial charge in [0.25, 0.3) is 11.6 Å². The summed E-state index contributed by atoms with van der Waals surface area (Å²) in [6, 6.07) is 11.4. The van der Waals surface area contributed by atoms with Crippen LogP contribution in [-0.2, 0) is 0 Å². The molecule has 9 nitrogen and oxygen atoms in total. The Bertz CT molecular complexity index is 854. The molecule has 1 amide bonds. The van der Waals surface area contributed by atoms with Crippen LogP contribution in [0.4, 0.5) is 11.4 Å². The molecule has 0 saturated carbocycles. The lowest BCUT2D eigenvalue weighted by Crippen LogP contribution is -2.35. The summed E-state index contributed by atoms with van der Waals surface area (Å²) in [5, 5.41) is 23.3. The molecule has 0 heterocycles. The van der Waals surface area contributed by atoms with Crippen LogP contribution in [0.2, 0.25) is 0 Å². The molecule has 0 aliphatic carbocycles. The monoisotopic (exact) mass is 387 g/mol. The first-order valence-electron chi connectivity index (χ1n) is 8.77. The Hall–Kier alpha value is -3.49. The van der Waals surface area contributed by atoms with Gasteiger partial charge in [-0.15, -0.1) is 0 Å². The van der Waals surface area contributed by atoms with E-state index in [9.17, 15) is 25.0 Å². The van der Waals surface area contributed by atoms with Crippen LogP contribution in [0, 0.1) is 26.1 Å². The maximum atomic E-state index is 12.8. The lowest BCUT2D eigenvalue weighted by atomic mass is 10.1. The predicted octanol–water partition coefficient (Wildman–Crippen LogP) is 4.38. The van der Waals surface area contributed by atoms with Gasteiger partial charge in [-0.25, -0.2) is 0 Å². The molecular weight excluding hydrogens is 366 g/mol. The van der Waals surface area contributed by atoms with E-state index in [2.05, 4.69) is 0 Å². The first-order valence-corrected chi connectivity index (χ1v) is 8.77. The van der Waals surface area contributed by atoms with Crippen LogP contribution in [0.3, 0.4) is 0 Å². The lowest BCUT2D eigenvalue weighted by Gasteiger charge is -2.22. The quantitative estimate of drug-likeness (QED) is 0.466. The third-order valence-electron chi connectivity index (χ3n) is 3.95. The second kappa shape index (κ2) is 9.45. The third-order valence-corrected chi connectivity index (χ3v) is 3.95. The van der Waals surface area contributed by atoms with E-state index in [1.807, 2.05) is 13.8 Å². The summed E-state index contributed by atoms with van der Waals surface area (Å²) >= 11 is 0. The maximum Gasteiger partial charge on any atom is 0.321 e. The van der Waals surface area contributed by atoms with Crippen LogP contribution in [0.1, 0.15) is 37.0 Å². The molecule has 0 radical (unpaired) electrons. The number of hydrogen-bond acceptors (Lipinski definition) is 6. The van der Waals surface area contributed by atoms with Crippen LogP contribution in [0.15, 0.2) is 48.5 Å². The molecule has 0 aliphatic rings. The van der Waals surface area contributed by atoms with E-state index in [-0.39, 0.29) is 12.3 Å². The Balaban J connectivity index is 2.32. The molecular formula is C19H21N3O6. The van der Waals surface area contributed by atoms with Gasteiger partial charge in [-0.05, 0) is 37.0 Å². The van der Waals surface area contributed by atoms with Crippen molar-refractivity contribution in [3.8, 4) is 5.75 Å². The summed E-state index contributed by atoms with van der Waals surface area (Å²) in [6.07, 6.45) is 1.47. The summed E-state index contributed by atoms with van der Waals surface area (Å²) in [5.74, 6) is -0.260. The highest BCUT2D eigenvalue weighted by Gasteiger charge is 2.25. The van der Waals surface area contributed by atoms with E-state index >= 15 is 0 Å². The van der Waals surface area contributed by atoms with E-state index < -0.39 is 27.1 Å². The molecule has 0 unspecified atom stereocenters. The van der Waals surface area contributed by atoms with Crippen LogP contribution >= 0.6 is 0 Å². The fraction of sp³-hybridized carbons (Fsp3) is 0.316. The van der Waals surface area contributed by atoms with Gasteiger partial charge in [0.1, 0.15) is 0 Å². The second-order valence-corrected chi connectivity index (χ2v) is 6.57.